The molecule has 0 radical (unpaired) electrons. The summed E-state index contributed by atoms with van der Waals surface area (Å²) >= 11 is 0. The molecule has 0 fully saturated rings. The van der Waals surface area contributed by atoms with E-state index in [1.165, 1.54) is 4.67 Å². The molecular weight excluding hydrogens is 271 g/mol. The third-order valence-electron chi connectivity index (χ3n) is 3.44. The van der Waals surface area contributed by atoms with Gasteiger partial charge in [0.2, 0.25) is 0 Å². The van der Waals surface area contributed by atoms with Crippen LogP contribution in [-0.4, -0.2) is 17.6 Å². The van der Waals surface area contributed by atoms with Crippen molar-refractivity contribution in [3.05, 3.63) is 65.7 Å². The number of para-hydroxylation sites is 1. The highest BCUT2D eigenvalue weighted by Gasteiger charge is 2.36. The first-order valence-electron chi connectivity index (χ1n) is 6.41. The second-order valence-corrected chi connectivity index (χ2v) is 6.51. The molecule has 1 amide bonds. The highest BCUT2D eigenvalue weighted by molar-refractivity contribution is 7.50. The van der Waals surface area contributed by atoms with Crippen molar-refractivity contribution in [1.29, 1.82) is 0 Å². The number of nitrogens with zero attached hydrogens (tertiary/aromatic N) is 2. The molecule has 2 aromatic carbocycles. The molecule has 1 atom stereocenters. The van der Waals surface area contributed by atoms with E-state index < -0.39 is 8.45 Å². The van der Waals surface area contributed by atoms with Crippen molar-refractivity contribution in [2.24, 2.45) is 0 Å². The smallest absolute Gasteiger partial charge is 0.289 e. The van der Waals surface area contributed by atoms with Crippen LogP contribution in [0.25, 0.3) is 0 Å². The topological polar surface area (TPSA) is 46.6 Å². The van der Waals surface area contributed by atoms with Crippen molar-refractivity contribution < 1.29 is 9.69 Å². The van der Waals surface area contributed by atoms with Gasteiger partial charge in [-0.1, -0.05) is 42.5 Å². The first kappa shape index (κ1) is 13.1. The number of amides is 1. The molecule has 0 bridgehead atoms. The molecule has 0 spiro atoms. The van der Waals surface area contributed by atoms with Gasteiger partial charge in [0.25, 0.3) is 5.91 Å². The minimum Gasteiger partial charge on any atom is -0.644 e. The fourth-order valence-corrected chi connectivity index (χ4v) is 3.74. The van der Waals surface area contributed by atoms with E-state index in [4.69, 9.17) is 0 Å². The van der Waals surface area contributed by atoms with Gasteiger partial charge >= 0.3 is 0 Å². The van der Waals surface area contributed by atoms with Crippen LogP contribution in [0.5, 0.6) is 0 Å². The number of carbonyl (C=O) groups is 1. The second kappa shape index (κ2) is 5.23. The maximum absolute atomic E-state index is 12.5. The molecule has 0 aromatic heterocycles. The van der Waals surface area contributed by atoms with Crippen LogP contribution in [0.1, 0.15) is 15.9 Å². The summed E-state index contributed by atoms with van der Waals surface area (Å²) in [5.74, 6) is -0.161. The van der Waals surface area contributed by atoms with Crippen LogP contribution in [0.15, 0.2) is 54.6 Å². The van der Waals surface area contributed by atoms with Gasteiger partial charge in [-0.25, -0.2) is 4.67 Å². The van der Waals surface area contributed by atoms with Crippen molar-refractivity contribution >= 4 is 20.0 Å². The van der Waals surface area contributed by atoms with Gasteiger partial charge in [0, 0.05) is 7.05 Å². The molecule has 5 heteroatoms. The Balaban J connectivity index is 1.95. The Morgan fingerprint density at radius 1 is 1.05 bits per heavy atom. The quantitative estimate of drug-likeness (QED) is 0.794. The van der Waals surface area contributed by atoms with Crippen LogP contribution in [-0.2, 0) is 6.54 Å². The summed E-state index contributed by atoms with van der Waals surface area (Å²) in [7, 11) is -0.532. The van der Waals surface area contributed by atoms with Gasteiger partial charge in [0.15, 0.2) is 0 Å². The van der Waals surface area contributed by atoms with Gasteiger partial charge in [-0.15, -0.1) is 0 Å². The Morgan fingerprint density at radius 3 is 2.45 bits per heavy atom. The average Bonchev–Trinajstić information content (AvgIpc) is 2.50. The zero-order valence-electron chi connectivity index (χ0n) is 11.1. The van der Waals surface area contributed by atoms with Crippen molar-refractivity contribution in [2.75, 3.05) is 11.7 Å². The monoisotopic (exact) mass is 286 g/mol. The van der Waals surface area contributed by atoms with Crippen LogP contribution in [0, 0.1) is 0 Å². The molecule has 3 rings (SSSR count). The number of fused-ring (bicyclic) bond motifs is 1. The van der Waals surface area contributed by atoms with Gasteiger partial charge < -0.3 is 4.89 Å². The summed E-state index contributed by atoms with van der Waals surface area (Å²) in [5.41, 5.74) is 2.33. The number of carbonyl (C=O) groups excluding carboxylic acids is 1. The molecule has 0 saturated carbocycles. The molecule has 0 aliphatic carbocycles. The first-order chi connectivity index (χ1) is 9.68. The summed E-state index contributed by atoms with van der Waals surface area (Å²) in [4.78, 5) is 25.0. The van der Waals surface area contributed by atoms with Gasteiger partial charge in [-0.3, -0.25) is 4.79 Å². The van der Waals surface area contributed by atoms with E-state index in [2.05, 4.69) is 0 Å². The van der Waals surface area contributed by atoms with Gasteiger partial charge in [-0.2, -0.15) is 4.67 Å². The van der Waals surface area contributed by atoms with Gasteiger partial charge in [0.05, 0.1) is 17.8 Å². The molecular formula is C15H15N2O2P. The predicted octanol–water partition coefficient (Wildman–Crippen LogP) is 2.10. The van der Waals surface area contributed by atoms with Crippen molar-refractivity contribution in [3.63, 3.8) is 0 Å². The summed E-state index contributed by atoms with van der Waals surface area (Å²) in [6.07, 6.45) is 0. The summed E-state index contributed by atoms with van der Waals surface area (Å²) < 4.78 is 3.16. The molecule has 0 N–H and O–H groups in total. The van der Waals surface area contributed by atoms with Crippen LogP contribution < -0.4 is 9.56 Å². The summed E-state index contributed by atoms with van der Waals surface area (Å²) in [6.45, 7) is 0.371. The molecule has 0 saturated heterocycles. The number of hydrogen-bond acceptors (Lipinski definition) is 3. The molecule has 1 aliphatic heterocycles. The molecule has 20 heavy (non-hydrogen) atoms. The van der Waals surface area contributed by atoms with Crippen LogP contribution >= 0.6 is 8.45 Å². The Kier molecular flexibility index (Phi) is 3.43. The summed E-state index contributed by atoms with van der Waals surface area (Å²) in [6, 6.07) is 16.9. The van der Waals surface area contributed by atoms with E-state index in [1.54, 1.807) is 17.8 Å². The number of hydrogen-bond donors (Lipinski definition) is 0. The van der Waals surface area contributed by atoms with E-state index in [1.807, 2.05) is 48.5 Å². The van der Waals surface area contributed by atoms with E-state index in [0.29, 0.717) is 12.1 Å². The Bertz CT molecular complexity index is 633. The molecule has 1 heterocycles. The van der Waals surface area contributed by atoms with Crippen molar-refractivity contribution in [2.45, 2.75) is 6.54 Å². The largest absolute Gasteiger partial charge is 0.644 e. The number of benzene rings is 2. The van der Waals surface area contributed by atoms with E-state index in [0.717, 1.165) is 11.3 Å². The Hall–Kier alpha value is -1.90. The third-order valence-corrected chi connectivity index (χ3v) is 5.08. The minimum atomic E-state index is -2.30. The summed E-state index contributed by atoms with van der Waals surface area (Å²) in [5, 5.41) is 0. The highest BCUT2D eigenvalue weighted by atomic mass is 31.2. The number of rotatable bonds is 2. The Morgan fingerprint density at radius 2 is 1.70 bits per heavy atom. The third kappa shape index (κ3) is 2.17. The zero-order valence-corrected chi connectivity index (χ0v) is 12.1. The molecule has 2 aromatic rings. The van der Waals surface area contributed by atoms with Gasteiger partial charge in [-0.05, 0) is 17.7 Å². The first-order valence-corrected chi connectivity index (χ1v) is 7.71. The lowest BCUT2D eigenvalue weighted by molar-refractivity contribution is -0.169. The molecule has 1 aliphatic rings. The fraction of sp³-hybridized carbons (Fsp3) is 0.133. The average molecular weight is 286 g/mol. The molecule has 1 unspecified atom stereocenters. The highest BCUT2D eigenvalue weighted by Crippen LogP contribution is 2.46. The standard InChI is InChI=1S/C15H15N2O2P/c1-16-14-10-6-5-9-13(14)15(18)17(20(16)19)11-12-7-3-2-4-8-12/h2-10,20H,11H2,1H3. The van der Waals surface area contributed by atoms with Crippen LogP contribution in [0.2, 0.25) is 0 Å². The SMILES string of the molecule is CN1c2ccccc2C(=O)N(Cc2ccccc2)[PH+]1[O-]. The number of anilines is 1. The minimum absolute atomic E-state index is 0.161. The van der Waals surface area contributed by atoms with Crippen LogP contribution in [0.4, 0.5) is 5.69 Å². The predicted molar refractivity (Wildman–Crippen MR) is 79.5 cm³/mol. The van der Waals surface area contributed by atoms with E-state index in [9.17, 15) is 9.69 Å². The lowest BCUT2D eigenvalue weighted by atomic mass is 10.1. The fourth-order valence-electron chi connectivity index (χ4n) is 2.37. The maximum Gasteiger partial charge on any atom is 0.289 e. The molecule has 4 nitrogen and oxygen atoms in total. The second-order valence-electron chi connectivity index (χ2n) is 4.74. The lowest BCUT2D eigenvalue weighted by Gasteiger charge is -2.38. The van der Waals surface area contributed by atoms with E-state index in [-0.39, 0.29) is 5.91 Å². The lowest BCUT2D eigenvalue weighted by Crippen LogP contribution is -2.40. The van der Waals surface area contributed by atoms with Gasteiger partial charge in [0.1, 0.15) is 8.45 Å². The maximum atomic E-state index is 12.5. The Labute approximate surface area is 119 Å². The normalized spacial score (nSPS) is 18.1. The van der Waals surface area contributed by atoms with Crippen molar-refractivity contribution in [1.82, 2.24) is 4.67 Å². The van der Waals surface area contributed by atoms with Crippen molar-refractivity contribution in [3.8, 4) is 0 Å². The zero-order chi connectivity index (χ0) is 14.1. The van der Waals surface area contributed by atoms with E-state index >= 15 is 0 Å². The van der Waals surface area contributed by atoms with Crippen LogP contribution in [0.3, 0.4) is 0 Å². The molecule has 102 valence electrons.